The van der Waals surface area contributed by atoms with Crippen molar-refractivity contribution in [2.75, 3.05) is 0 Å². The molecule has 0 amide bonds. The molecule has 2 rings (SSSR count). The predicted molar refractivity (Wildman–Crippen MR) is 76.0 cm³/mol. The van der Waals surface area contributed by atoms with Gasteiger partial charge in [0.2, 0.25) is 0 Å². The highest BCUT2D eigenvalue weighted by Gasteiger charge is 2.31. The topological polar surface area (TPSA) is 50.2 Å². The molecule has 0 saturated heterocycles. The number of carboxylic acid groups (broad SMARTS) is 1. The maximum Gasteiger partial charge on any atom is 0.307 e. The molecule has 3 heteroatoms. The van der Waals surface area contributed by atoms with Gasteiger partial charge in [0.05, 0.1) is 11.4 Å². The second kappa shape index (κ2) is 5.00. The van der Waals surface area contributed by atoms with Crippen molar-refractivity contribution in [1.29, 1.82) is 0 Å². The first kappa shape index (κ1) is 13.5. The zero-order valence-electron chi connectivity index (χ0n) is 11.6. The minimum atomic E-state index is -0.737. The molecule has 0 saturated carbocycles. The molecule has 2 aromatic rings. The summed E-state index contributed by atoms with van der Waals surface area (Å²) in [6.07, 6.45) is 2.31. The number of rotatable bonds is 3. The third kappa shape index (κ3) is 3.11. The normalized spacial score (nSPS) is 13.4. The van der Waals surface area contributed by atoms with Crippen LogP contribution >= 0.6 is 0 Å². The molecule has 100 valence electrons. The van der Waals surface area contributed by atoms with Gasteiger partial charge in [-0.1, -0.05) is 32.9 Å². The number of aromatic nitrogens is 1. The van der Waals surface area contributed by atoms with E-state index in [0.717, 1.165) is 16.5 Å². The Morgan fingerprint density at radius 3 is 2.68 bits per heavy atom. The van der Waals surface area contributed by atoms with Crippen LogP contribution in [0.25, 0.3) is 10.9 Å². The molecule has 1 aromatic heterocycles. The Balaban J connectivity index is 2.32. The number of aliphatic carboxylic acids is 1. The van der Waals surface area contributed by atoms with Gasteiger partial charge in [-0.2, -0.15) is 0 Å². The van der Waals surface area contributed by atoms with E-state index in [1.54, 1.807) is 6.20 Å². The summed E-state index contributed by atoms with van der Waals surface area (Å²) in [7, 11) is 0. The van der Waals surface area contributed by atoms with Crippen molar-refractivity contribution in [3.8, 4) is 0 Å². The van der Waals surface area contributed by atoms with Gasteiger partial charge in [-0.25, -0.2) is 0 Å². The Labute approximate surface area is 113 Å². The van der Waals surface area contributed by atoms with E-state index in [2.05, 4.69) is 4.98 Å². The van der Waals surface area contributed by atoms with E-state index in [-0.39, 0.29) is 11.3 Å². The number of nitrogens with zero attached hydrogens (tertiary/aromatic N) is 1. The maximum absolute atomic E-state index is 11.4. The van der Waals surface area contributed by atoms with Gasteiger partial charge in [0.15, 0.2) is 0 Å². The van der Waals surface area contributed by atoms with Gasteiger partial charge in [0, 0.05) is 11.6 Å². The Morgan fingerprint density at radius 2 is 2.05 bits per heavy atom. The van der Waals surface area contributed by atoms with Crippen LogP contribution in [0.5, 0.6) is 0 Å². The van der Waals surface area contributed by atoms with Crippen molar-refractivity contribution < 1.29 is 9.90 Å². The van der Waals surface area contributed by atoms with E-state index in [0.29, 0.717) is 6.42 Å². The average molecular weight is 257 g/mol. The Hall–Kier alpha value is -1.90. The van der Waals surface area contributed by atoms with Crippen LogP contribution in [0.15, 0.2) is 36.5 Å². The van der Waals surface area contributed by atoms with Gasteiger partial charge in [-0.05, 0) is 35.6 Å². The number of pyridine rings is 1. The van der Waals surface area contributed by atoms with Crippen molar-refractivity contribution in [1.82, 2.24) is 4.98 Å². The van der Waals surface area contributed by atoms with E-state index in [9.17, 15) is 9.90 Å². The van der Waals surface area contributed by atoms with Crippen LogP contribution in [0.1, 0.15) is 26.3 Å². The number of hydrogen-bond donors (Lipinski definition) is 1. The van der Waals surface area contributed by atoms with Crippen molar-refractivity contribution in [2.24, 2.45) is 11.3 Å². The fraction of sp³-hybridized carbons (Fsp3) is 0.375. The number of carboxylic acids is 1. The van der Waals surface area contributed by atoms with Crippen molar-refractivity contribution >= 4 is 16.9 Å². The number of benzene rings is 1. The molecule has 0 bridgehead atoms. The van der Waals surface area contributed by atoms with Crippen LogP contribution in [0.3, 0.4) is 0 Å². The predicted octanol–water partition coefficient (Wildman–Crippen LogP) is 3.52. The molecule has 0 fully saturated rings. The molecule has 19 heavy (non-hydrogen) atoms. The van der Waals surface area contributed by atoms with E-state index >= 15 is 0 Å². The third-order valence-corrected chi connectivity index (χ3v) is 3.45. The fourth-order valence-corrected chi connectivity index (χ4v) is 2.25. The molecule has 0 aliphatic heterocycles. The van der Waals surface area contributed by atoms with Gasteiger partial charge in [-0.3, -0.25) is 9.78 Å². The first-order chi connectivity index (χ1) is 8.88. The zero-order chi connectivity index (χ0) is 14.0. The minimum absolute atomic E-state index is 0.254. The lowest BCUT2D eigenvalue weighted by Gasteiger charge is -2.27. The molecular formula is C16H19NO2. The second-order valence-corrected chi connectivity index (χ2v) is 5.99. The zero-order valence-corrected chi connectivity index (χ0v) is 11.6. The van der Waals surface area contributed by atoms with Crippen LogP contribution in [0, 0.1) is 11.3 Å². The Bertz CT molecular complexity index is 599. The van der Waals surface area contributed by atoms with Gasteiger partial charge >= 0.3 is 5.97 Å². The van der Waals surface area contributed by atoms with E-state index < -0.39 is 5.97 Å². The molecule has 0 radical (unpaired) electrons. The molecule has 1 aromatic carbocycles. The summed E-state index contributed by atoms with van der Waals surface area (Å²) in [6, 6.07) is 9.84. The molecule has 3 nitrogen and oxygen atoms in total. The summed E-state index contributed by atoms with van der Waals surface area (Å²) < 4.78 is 0. The molecule has 0 spiro atoms. The van der Waals surface area contributed by atoms with Gasteiger partial charge in [0.1, 0.15) is 0 Å². The van der Waals surface area contributed by atoms with Crippen LogP contribution in [0.4, 0.5) is 0 Å². The molecule has 0 aliphatic carbocycles. The standard InChI is InChI=1S/C16H19NO2/c1-16(2,3)13(15(18)19)10-11-6-7-14-12(9-11)5-4-8-17-14/h4-9,13H,10H2,1-3H3,(H,18,19). The molecule has 1 unspecified atom stereocenters. The fourth-order valence-electron chi connectivity index (χ4n) is 2.25. The van der Waals surface area contributed by atoms with Crippen molar-refractivity contribution in [2.45, 2.75) is 27.2 Å². The van der Waals surface area contributed by atoms with Crippen molar-refractivity contribution in [3.63, 3.8) is 0 Å². The Morgan fingerprint density at radius 1 is 1.32 bits per heavy atom. The monoisotopic (exact) mass is 257 g/mol. The highest BCUT2D eigenvalue weighted by Crippen LogP contribution is 2.30. The number of fused-ring (bicyclic) bond motifs is 1. The SMILES string of the molecule is CC(C)(C)C(Cc1ccc2ncccc2c1)C(=O)O. The quantitative estimate of drug-likeness (QED) is 0.915. The summed E-state index contributed by atoms with van der Waals surface area (Å²) >= 11 is 0. The summed E-state index contributed by atoms with van der Waals surface area (Å²) in [5, 5.41) is 10.4. The number of hydrogen-bond acceptors (Lipinski definition) is 2. The molecule has 1 N–H and O–H groups in total. The molecule has 1 heterocycles. The minimum Gasteiger partial charge on any atom is -0.481 e. The second-order valence-electron chi connectivity index (χ2n) is 5.99. The lowest BCUT2D eigenvalue weighted by atomic mass is 9.77. The highest BCUT2D eigenvalue weighted by atomic mass is 16.4. The van der Waals surface area contributed by atoms with Crippen molar-refractivity contribution in [3.05, 3.63) is 42.1 Å². The first-order valence-electron chi connectivity index (χ1n) is 6.44. The van der Waals surface area contributed by atoms with Gasteiger partial charge < -0.3 is 5.11 Å². The van der Waals surface area contributed by atoms with E-state index in [4.69, 9.17) is 0 Å². The average Bonchev–Trinajstić information content (AvgIpc) is 2.34. The molecule has 0 aliphatic rings. The molecule has 1 atom stereocenters. The van der Waals surface area contributed by atoms with Crippen LogP contribution < -0.4 is 0 Å². The smallest absolute Gasteiger partial charge is 0.307 e. The number of carbonyl (C=O) groups is 1. The largest absolute Gasteiger partial charge is 0.481 e. The summed E-state index contributed by atoms with van der Waals surface area (Å²) in [4.78, 5) is 15.7. The third-order valence-electron chi connectivity index (χ3n) is 3.45. The summed E-state index contributed by atoms with van der Waals surface area (Å²) in [5.74, 6) is -1.12. The lowest BCUT2D eigenvalue weighted by molar-refractivity contribution is -0.145. The molecular weight excluding hydrogens is 238 g/mol. The van der Waals surface area contributed by atoms with E-state index in [1.807, 2.05) is 51.1 Å². The van der Waals surface area contributed by atoms with Crippen LogP contribution in [-0.2, 0) is 11.2 Å². The van der Waals surface area contributed by atoms with Crippen LogP contribution in [-0.4, -0.2) is 16.1 Å². The first-order valence-corrected chi connectivity index (χ1v) is 6.44. The van der Waals surface area contributed by atoms with Gasteiger partial charge in [-0.15, -0.1) is 0 Å². The van der Waals surface area contributed by atoms with Crippen LogP contribution in [0.2, 0.25) is 0 Å². The van der Waals surface area contributed by atoms with E-state index in [1.165, 1.54) is 0 Å². The highest BCUT2D eigenvalue weighted by molar-refractivity contribution is 5.79. The maximum atomic E-state index is 11.4. The Kier molecular flexibility index (Phi) is 3.56. The summed E-state index contributed by atoms with van der Waals surface area (Å²) in [5.41, 5.74) is 1.73. The lowest BCUT2D eigenvalue weighted by Crippen LogP contribution is -2.30. The van der Waals surface area contributed by atoms with Gasteiger partial charge in [0.25, 0.3) is 0 Å². The summed E-state index contributed by atoms with van der Waals surface area (Å²) in [6.45, 7) is 5.90.